The van der Waals surface area contributed by atoms with Gasteiger partial charge in [0.2, 0.25) is 5.91 Å². The van der Waals surface area contributed by atoms with Crippen LogP contribution < -0.4 is 4.74 Å². The number of aromatic nitrogens is 1. The van der Waals surface area contributed by atoms with Crippen molar-refractivity contribution in [2.24, 2.45) is 0 Å². The van der Waals surface area contributed by atoms with Crippen molar-refractivity contribution in [1.29, 1.82) is 0 Å². The summed E-state index contributed by atoms with van der Waals surface area (Å²) in [5.74, 6) is -0.670. The smallest absolute Gasteiger partial charge is 0.307 e. The van der Waals surface area contributed by atoms with Crippen LogP contribution in [0.25, 0.3) is 0 Å². The molecule has 1 saturated heterocycles. The zero-order valence-electron chi connectivity index (χ0n) is 18.3. The molecule has 1 aliphatic heterocycles. The third kappa shape index (κ3) is 7.44. The van der Waals surface area contributed by atoms with E-state index < -0.39 is 12.1 Å². The maximum absolute atomic E-state index is 12.9. The number of benzene rings is 1. The molecule has 0 aliphatic carbocycles. The van der Waals surface area contributed by atoms with Crippen LogP contribution >= 0.6 is 11.6 Å². The molecular formula is C23H26ClN3O6. The van der Waals surface area contributed by atoms with Gasteiger partial charge in [-0.3, -0.25) is 19.4 Å². The molecule has 1 aliphatic rings. The van der Waals surface area contributed by atoms with E-state index in [1.165, 1.54) is 16.9 Å². The number of amides is 2. The molecule has 33 heavy (non-hydrogen) atoms. The number of hydrogen-bond acceptors (Lipinski definition) is 7. The van der Waals surface area contributed by atoms with E-state index in [0.29, 0.717) is 17.4 Å². The molecule has 0 bridgehead atoms. The summed E-state index contributed by atoms with van der Waals surface area (Å²) in [7, 11) is 1.30. The Bertz CT molecular complexity index is 958. The Morgan fingerprint density at radius 2 is 1.91 bits per heavy atom. The predicted molar refractivity (Wildman–Crippen MR) is 120 cm³/mol. The number of carbonyl (C=O) groups excluding carboxylic acids is 3. The molecule has 1 fully saturated rings. The Kier molecular flexibility index (Phi) is 9.03. The van der Waals surface area contributed by atoms with Crippen molar-refractivity contribution in [2.75, 3.05) is 39.9 Å². The highest BCUT2D eigenvalue weighted by molar-refractivity contribution is 6.32. The van der Waals surface area contributed by atoms with Crippen LogP contribution in [0.1, 0.15) is 12.0 Å². The molecule has 2 aromatic rings. The number of para-hydroxylation sites is 1. The Morgan fingerprint density at radius 1 is 1.15 bits per heavy atom. The Labute approximate surface area is 197 Å². The van der Waals surface area contributed by atoms with E-state index in [1.54, 1.807) is 36.7 Å². The monoisotopic (exact) mass is 475 g/mol. The molecule has 0 spiro atoms. The molecule has 2 heterocycles. The lowest BCUT2D eigenvalue weighted by molar-refractivity contribution is -0.143. The first-order valence-corrected chi connectivity index (χ1v) is 10.8. The number of halogens is 1. The van der Waals surface area contributed by atoms with E-state index in [-0.39, 0.29) is 51.0 Å². The van der Waals surface area contributed by atoms with Gasteiger partial charge in [-0.05, 0) is 29.8 Å². The molecule has 1 aromatic heterocycles. The van der Waals surface area contributed by atoms with E-state index >= 15 is 0 Å². The van der Waals surface area contributed by atoms with E-state index in [0.717, 1.165) is 5.56 Å². The average Bonchev–Trinajstić information content (AvgIpc) is 2.99. The molecule has 176 valence electrons. The Morgan fingerprint density at radius 3 is 2.64 bits per heavy atom. The number of pyridine rings is 1. The van der Waals surface area contributed by atoms with Gasteiger partial charge in [-0.25, -0.2) is 0 Å². The molecule has 3 rings (SSSR count). The zero-order chi connectivity index (χ0) is 23.6. The van der Waals surface area contributed by atoms with Crippen molar-refractivity contribution in [2.45, 2.75) is 19.1 Å². The van der Waals surface area contributed by atoms with Gasteiger partial charge in [-0.15, -0.1) is 0 Å². The number of hydrogen-bond donors (Lipinski definition) is 0. The van der Waals surface area contributed by atoms with E-state index in [9.17, 15) is 14.4 Å². The van der Waals surface area contributed by atoms with Gasteiger partial charge < -0.3 is 24.0 Å². The highest BCUT2D eigenvalue weighted by Crippen LogP contribution is 2.23. The van der Waals surface area contributed by atoms with Crippen LogP contribution in [0.5, 0.6) is 5.75 Å². The molecular weight excluding hydrogens is 450 g/mol. The normalized spacial score (nSPS) is 16.3. The van der Waals surface area contributed by atoms with Crippen molar-refractivity contribution in [3.63, 3.8) is 0 Å². The number of nitrogens with zero attached hydrogens (tertiary/aromatic N) is 3. The summed E-state index contributed by atoms with van der Waals surface area (Å²) >= 11 is 6.08. The summed E-state index contributed by atoms with van der Waals surface area (Å²) in [6, 6.07) is 10.5. The second-order valence-corrected chi connectivity index (χ2v) is 7.85. The van der Waals surface area contributed by atoms with E-state index in [2.05, 4.69) is 9.72 Å². The van der Waals surface area contributed by atoms with Gasteiger partial charge in [0.25, 0.3) is 5.91 Å². The highest BCUT2D eigenvalue weighted by Gasteiger charge is 2.31. The van der Waals surface area contributed by atoms with Gasteiger partial charge in [-0.1, -0.05) is 23.7 Å². The maximum atomic E-state index is 12.9. The molecule has 1 atom stereocenters. The fourth-order valence-corrected chi connectivity index (χ4v) is 3.49. The fraction of sp³-hybridized carbons (Fsp3) is 0.391. The molecule has 0 unspecified atom stereocenters. The quantitative estimate of drug-likeness (QED) is 0.511. The number of rotatable bonds is 9. The third-order valence-corrected chi connectivity index (χ3v) is 5.43. The molecule has 2 amide bonds. The van der Waals surface area contributed by atoms with Crippen LogP contribution in [-0.4, -0.2) is 78.6 Å². The lowest BCUT2D eigenvalue weighted by Gasteiger charge is -2.24. The van der Waals surface area contributed by atoms with Crippen molar-refractivity contribution in [3.05, 3.63) is 59.4 Å². The molecule has 0 saturated carbocycles. The first kappa shape index (κ1) is 24.5. The van der Waals surface area contributed by atoms with Crippen LogP contribution in [0.3, 0.4) is 0 Å². The van der Waals surface area contributed by atoms with Gasteiger partial charge in [0.1, 0.15) is 5.75 Å². The first-order chi connectivity index (χ1) is 16.0. The first-order valence-electron chi connectivity index (χ1n) is 10.5. The summed E-state index contributed by atoms with van der Waals surface area (Å²) in [4.78, 5) is 44.2. The van der Waals surface area contributed by atoms with Crippen LogP contribution in [0, 0.1) is 0 Å². The lowest BCUT2D eigenvalue weighted by Crippen LogP contribution is -2.42. The molecule has 9 nitrogen and oxygen atoms in total. The third-order valence-electron chi connectivity index (χ3n) is 5.12. The van der Waals surface area contributed by atoms with Gasteiger partial charge in [0.15, 0.2) is 6.61 Å². The average molecular weight is 476 g/mol. The van der Waals surface area contributed by atoms with Crippen molar-refractivity contribution in [3.8, 4) is 5.75 Å². The van der Waals surface area contributed by atoms with E-state index in [4.69, 9.17) is 21.1 Å². The Hall–Kier alpha value is -3.17. The topological polar surface area (TPSA) is 98.3 Å². The summed E-state index contributed by atoms with van der Waals surface area (Å²) in [5, 5.41) is 0.393. The van der Waals surface area contributed by atoms with Crippen LogP contribution in [0.4, 0.5) is 0 Å². The second-order valence-electron chi connectivity index (χ2n) is 7.45. The minimum atomic E-state index is -0.452. The van der Waals surface area contributed by atoms with Crippen molar-refractivity contribution < 1.29 is 28.6 Å². The van der Waals surface area contributed by atoms with Crippen molar-refractivity contribution >= 4 is 29.4 Å². The van der Waals surface area contributed by atoms with Crippen LogP contribution in [0.2, 0.25) is 5.02 Å². The number of ether oxygens (including phenoxy) is 3. The summed E-state index contributed by atoms with van der Waals surface area (Å²) in [6.45, 7) is 0.521. The summed E-state index contributed by atoms with van der Waals surface area (Å²) in [6.07, 6.45) is 2.94. The highest BCUT2D eigenvalue weighted by atomic mass is 35.5. The predicted octanol–water partition coefficient (Wildman–Crippen LogP) is 1.93. The minimum absolute atomic E-state index is 0.0584. The maximum Gasteiger partial charge on any atom is 0.307 e. The van der Waals surface area contributed by atoms with Crippen LogP contribution in [-0.2, 0) is 30.5 Å². The van der Waals surface area contributed by atoms with Gasteiger partial charge >= 0.3 is 5.97 Å². The lowest BCUT2D eigenvalue weighted by atomic mass is 10.2. The second kappa shape index (κ2) is 12.2. The van der Waals surface area contributed by atoms with E-state index in [1.807, 2.05) is 12.1 Å². The van der Waals surface area contributed by atoms with Gasteiger partial charge in [0, 0.05) is 32.0 Å². The van der Waals surface area contributed by atoms with Crippen molar-refractivity contribution in [1.82, 2.24) is 14.8 Å². The molecule has 0 N–H and O–H groups in total. The van der Waals surface area contributed by atoms with Gasteiger partial charge in [0.05, 0.1) is 37.8 Å². The molecule has 10 heteroatoms. The standard InChI is InChI=1S/C23H26ClN3O6/c1-31-23(30)8-11-26-12-18(32-15-17-6-9-25-10-7-17)13-27(14-21(26)28)22(29)16-33-20-5-3-2-4-19(20)24/h2-7,9-10,18H,8,11-16H2,1H3/t18-/m1/s1. The SMILES string of the molecule is COC(=O)CCN1C[C@@H](OCc2ccncc2)CN(C(=O)COc2ccccc2Cl)CC1=O. The fourth-order valence-electron chi connectivity index (χ4n) is 3.30. The summed E-state index contributed by atoms with van der Waals surface area (Å²) < 4.78 is 16.3. The number of esters is 1. The van der Waals surface area contributed by atoms with Gasteiger partial charge in [-0.2, -0.15) is 0 Å². The minimum Gasteiger partial charge on any atom is -0.482 e. The molecule has 0 radical (unpaired) electrons. The number of carbonyl (C=O) groups is 3. The largest absolute Gasteiger partial charge is 0.482 e. The number of methoxy groups -OCH3 is 1. The summed E-state index contributed by atoms with van der Waals surface area (Å²) in [5.41, 5.74) is 0.918. The van der Waals surface area contributed by atoms with Crippen LogP contribution in [0.15, 0.2) is 48.8 Å². The Balaban J connectivity index is 1.67. The zero-order valence-corrected chi connectivity index (χ0v) is 19.1. The molecule has 1 aromatic carbocycles.